The first kappa shape index (κ1) is 16.3. The number of rotatable bonds is 7. The molecule has 124 valence electrons. The maximum Gasteiger partial charge on any atom is 0.336 e. The Balaban J connectivity index is 1.61. The summed E-state index contributed by atoms with van der Waals surface area (Å²) in [4.78, 5) is 11.8. The maximum absolute atomic E-state index is 11.8. The zero-order chi connectivity index (χ0) is 16.8. The number of methoxy groups -OCH3 is 1. The Bertz CT molecular complexity index is 856. The van der Waals surface area contributed by atoms with E-state index in [9.17, 15) is 4.79 Å². The van der Waals surface area contributed by atoms with Gasteiger partial charge in [-0.2, -0.15) is 0 Å². The predicted molar refractivity (Wildman–Crippen MR) is 94.3 cm³/mol. The number of quaternary nitrogens is 1. The van der Waals surface area contributed by atoms with Crippen molar-refractivity contribution in [2.75, 3.05) is 13.7 Å². The summed E-state index contributed by atoms with van der Waals surface area (Å²) in [6, 6.07) is 17.7. The highest BCUT2D eigenvalue weighted by atomic mass is 16.5. The van der Waals surface area contributed by atoms with E-state index in [2.05, 4.69) is 29.6 Å². The topological polar surface area (TPSA) is 56.0 Å². The minimum absolute atomic E-state index is 0.316. The van der Waals surface area contributed by atoms with Crippen LogP contribution in [-0.4, -0.2) is 13.7 Å². The summed E-state index contributed by atoms with van der Waals surface area (Å²) < 4.78 is 10.5. The van der Waals surface area contributed by atoms with E-state index >= 15 is 0 Å². The van der Waals surface area contributed by atoms with Gasteiger partial charge in [0.15, 0.2) is 0 Å². The lowest BCUT2D eigenvalue weighted by Crippen LogP contribution is -2.82. The number of aryl methyl sites for hydroxylation is 1. The van der Waals surface area contributed by atoms with E-state index in [4.69, 9.17) is 9.15 Å². The molecule has 3 rings (SSSR count). The van der Waals surface area contributed by atoms with Crippen LogP contribution in [-0.2, 0) is 13.0 Å². The fourth-order valence-corrected chi connectivity index (χ4v) is 2.86. The molecule has 0 spiro atoms. The lowest BCUT2D eigenvalue weighted by molar-refractivity contribution is -0.670. The van der Waals surface area contributed by atoms with Gasteiger partial charge in [0.25, 0.3) is 0 Å². The van der Waals surface area contributed by atoms with Gasteiger partial charge in [-0.1, -0.05) is 30.3 Å². The fraction of sp³-hybridized carbons (Fsp3) is 0.250. The van der Waals surface area contributed by atoms with Gasteiger partial charge in [0.2, 0.25) is 0 Å². The lowest BCUT2D eigenvalue weighted by Gasteiger charge is -2.07. The molecule has 0 amide bonds. The van der Waals surface area contributed by atoms with Crippen molar-refractivity contribution in [3.05, 3.63) is 76.1 Å². The van der Waals surface area contributed by atoms with Crippen LogP contribution in [0.5, 0.6) is 5.75 Å². The van der Waals surface area contributed by atoms with E-state index in [1.165, 1.54) is 5.56 Å². The second kappa shape index (κ2) is 7.79. The monoisotopic (exact) mass is 324 g/mol. The molecular formula is C20H22NO3+. The van der Waals surface area contributed by atoms with Crippen LogP contribution < -0.4 is 15.7 Å². The molecule has 2 aromatic carbocycles. The van der Waals surface area contributed by atoms with Crippen LogP contribution in [0.2, 0.25) is 0 Å². The van der Waals surface area contributed by atoms with Crippen molar-refractivity contribution >= 4 is 11.0 Å². The van der Waals surface area contributed by atoms with E-state index in [0.29, 0.717) is 11.3 Å². The smallest absolute Gasteiger partial charge is 0.336 e. The Morgan fingerprint density at radius 2 is 1.92 bits per heavy atom. The lowest BCUT2D eigenvalue weighted by atomic mass is 10.1. The van der Waals surface area contributed by atoms with E-state index in [-0.39, 0.29) is 5.63 Å². The molecule has 0 aliphatic carbocycles. The molecule has 2 N–H and O–H groups in total. The maximum atomic E-state index is 11.8. The number of ether oxygens (including phenoxy) is 1. The van der Waals surface area contributed by atoms with Crippen LogP contribution in [0.1, 0.15) is 17.5 Å². The molecule has 0 atom stereocenters. The molecule has 0 saturated carbocycles. The van der Waals surface area contributed by atoms with Gasteiger partial charge in [-0.25, -0.2) is 4.79 Å². The van der Waals surface area contributed by atoms with Gasteiger partial charge in [0.05, 0.1) is 13.7 Å². The third kappa shape index (κ3) is 4.03. The second-order valence-electron chi connectivity index (χ2n) is 5.82. The van der Waals surface area contributed by atoms with Gasteiger partial charge in [-0.15, -0.1) is 0 Å². The minimum Gasteiger partial charge on any atom is -0.497 e. The molecule has 0 bridgehead atoms. The van der Waals surface area contributed by atoms with Crippen molar-refractivity contribution in [2.24, 2.45) is 0 Å². The van der Waals surface area contributed by atoms with Crippen molar-refractivity contribution in [1.29, 1.82) is 0 Å². The first-order valence-electron chi connectivity index (χ1n) is 8.22. The third-order valence-electron chi connectivity index (χ3n) is 4.12. The summed E-state index contributed by atoms with van der Waals surface area (Å²) in [5.74, 6) is 0.689. The zero-order valence-corrected chi connectivity index (χ0v) is 13.8. The molecule has 1 aromatic heterocycles. The average molecular weight is 324 g/mol. The minimum atomic E-state index is -0.316. The molecular weight excluding hydrogens is 302 g/mol. The summed E-state index contributed by atoms with van der Waals surface area (Å²) in [6.07, 6.45) is 2.18. The van der Waals surface area contributed by atoms with Crippen molar-refractivity contribution in [3.63, 3.8) is 0 Å². The molecule has 4 nitrogen and oxygen atoms in total. The first-order chi connectivity index (χ1) is 11.8. The van der Waals surface area contributed by atoms with Crippen molar-refractivity contribution < 1.29 is 14.5 Å². The Labute approximate surface area is 141 Å². The third-order valence-corrected chi connectivity index (χ3v) is 4.12. The van der Waals surface area contributed by atoms with Crippen LogP contribution in [0.3, 0.4) is 0 Å². The molecule has 0 aliphatic heterocycles. The molecule has 0 fully saturated rings. The highest BCUT2D eigenvalue weighted by Crippen LogP contribution is 2.21. The van der Waals surface area contributed by atoms with E-state index in [1.807, 2.05) is 18.2 Å². The number of nitrogens with two attached hydrogens (primary N) is 1. The van der Waals surface area contributed by atoms with Crippen LogP contribution in [0.25, 0.3) is 11.0 Å². The standard InChI is InChI=1S/C20H21NO3/c1-23-17-9-10-18-16(12-20(22)24-19(18)13-17)14-21-11-5-8-15-6-3-2-4-7-15/h2-4,6-7,9-10,12-13,21H,5,8,11,14H2,1H3/p+1. The fourth-order valence-electron chi connectivity index (χ4n) is 2.86. The first-order valence-corrected chi connectivity index (χ1v) is 8.22. The molecule has 0 radical (unpaired) electrons. The van der Waals surface area contributed by atoms with Gasteiger partial charge in [0, 0.05) is 29.5 Å². The summed E-state index contributed by atoms with van der Waals surface area (Å²) >= 11 is 0. The molecule has 1 heterocycles. The molecule has 3 aromatic rings. The Kier molecular flexibility index (Phi) is 5.29. The molecule has 4 heteroatoms. The zero-order valence-electron chi connectivity index (χ0n) is 13.8. The quantitative estimate of drug-likeness (QED) is 0.537. The highest BCUT2D eigenvalue weighted by Gasteiger charge is 2.08. The van der Waals surface area contributed by atoms with E-state index < -0.39 is 0 Å². The second-order valence-corrected chi connectivity index (χ2v) is 5.82. The summed E-state index contributed by atoms with van der Waals surface area (Å²) in [5, 5.41) is 3.20. The summed E-state index contributed by atoms with van der Waals surface area (Å²) in [7, 11) is 1.60. The largest absolute Gasteiger partial charge is 0.497 e. The Hall–Kier alpha value is -2.59. The van der Waals surface area contributed by atoms with Crippen LogP contribution >= 0.6 is 0 Å². The van der Waals surface area contributed by atoms with E-state index in [0.717, 1.165) is 36.9 Å². The number of benzene rings is 2. The van der Waals surface area contributed by atoms with Crippen LogP contribution in [0, 0.1) is 0 Å². The number of fused-ring (bicyclic) bond motifs is 1. The van der Waals surface area contributed by atoms with Crippen molar-refractivity contribution in [1.82, 2.24) is 0 Å². The van der Waals surface area contributed by atoms with Gasteiger partial charge in [0.1, 0.15) is 17.9 Å². The van der Waals surface area contributed by atoms with Gasteiger partial charge in [-0.05, 0) is 24.1 Å². The Morgan fingerprint density at radius 1 is 1.08 bits per heavy atom. The van der Waals surface area contributed by atoms with E-state index in [1.54, 1.807) is 19.2 Å². The molecule has 0 saturated heterocycles. The average Bonchev–Trinajstić information content (AvgIpc) is 2.61. The SMILES string of the molecule is COc1ccc2c(C[NH2+]CCCc3ccccc3)cc(=O)oc2c1. The molecule has 0 unspecified atom stereocenters. The van der Waals surface area contributed by atoms with Crippen molar-refractivity contribution in [2.45, 2.75) is 19.4 Å². The molecule has 0 aliphatic rings. The summed E-state index contributed by atoms with van der Waals surface area (Å²) in [5.41, 5.74) is 2.63. The van der Waals surface area contributed by atoms with Crippen LogP contribution in [0.15, 0.2) is 63.8 Å². The summed E-state index contributed by atoms with van der Waals surface area (Å²) in [6.45, 7) is 1.79. The van der Waals surface area contributed by atoms with Crippen molar-refractivity contribution in [3.8, 4) is 5.75 Å². The number of hydrogen-bond donors (Lipinski definition) is 1. The highest BCUT2D eigenvalue weighted by molar-refractivity contribution is 5.81. The number of hydrogen-bond acceptors (Lipinski definition) is 3. The van der Waals surface area contributed by atoms with Gasteiger partial charge >= 0.3 is 5.63 Å². The van der Waals surface area contributed by atoms with Gasteiger partial charge in [-0.3, -0.25) is 0 Å². The Morgan fingerprint density at radius 3 is 2.71 bits per heavy atom. The normalized spacial score (nSPS) is 10.9. The predicted octanol–water partition coefficient (Wildman–Crippen LogP) is 2.50. The molecule has 24 heavy (non-hydrogen) atoms. The van der Waals surface area contributed by atoms with Gasteiger partial charge < -0.3 is 14.5 Å². The van der Waals surface area contributed by atoms with Crippen LogP contribution in [0.4, 0.5) is 0 Å².